The van der Waals surface area contributed by atoms with Crippen LogP contribution in [0.4, 0.5) is 0 Å². The first-order valence-corrected chi connectivity index (χ1v) is 18.9. The molecule has 306 valence electrons. The summed E-state index contributed by atoms with van der Waals surface area (Å²) in [7, 11) is 11.6. The summed E-state index contributed by atoms with van der Waals surface area (Å²) in [5.41, 5.74) is 0. The normalized spacial score (nSPS) is 37.5. The van der Waals surface area contributed by atoms with E-state index in [1.807, 2.05) is 62.3 Å². The Labute approximate surface area is 307 Å². The quantitative estimate of drug-likeness (QED) is 0.236. The molecule has 2 heterocycles. The zero-order valence-electron chi connectivity index (χ0n) is 35.2. The second-order valence-corrected chi connectivity index (χ2v) is 12.0. The third-order valence-electron chi connectivity index (χ3n) is 9.87. The Bertz CT molecular complexity index is 676. The van der Waals surface area contributed by atoms with Crippen molar-refractivity contribution in [3.8, 4) is 0 Å². The molecule has 3 N–H and O–H groups in total. The van der Waals surface area contributed by atoms with E-state index in [1.165, 1.54) is 0 Å². The molecule has 12 nitrogen and oxygen atoms in total. The number of hydrogen-bond acceptors (Lipinski definition) is 12. The van der Waals surface area contributed by atoms with Crippen LogP contribution >= 0.6 is 0 Å². The van der Waals surface area contributed by atoms with Gasteiger partial charge in [-0.15, -0.1) is 0 Å². The molecular weight excluding hydrogens is 648 g/mol. The highest BCUT2D eigenvalue weighted by molar-refractivity contribution is 4.96. The number of aliphatic hydroxyl groups is 3. The van der Waals surface area contributed by atoms with Crippen LogP contribution in [0.15, 0.2) is 0 Å². The van der Waals surface area contributed by atoms with Gasteiger partial charge in [0.1, 0.15) is 6.10 Å². The third kappa shape index (κ3) is 14.7. The molecule has 0 aromatic carbocycles. The molecule has 3 rings (SSSR count). The first-order chi connectivity index (χ1) is 24.1. The maximum atomic E-state index is 9.48. The predicted molar refractivity (Wildman–Crippen MR) is 199 cm³/mol. The number of methoxy groups -OCH3 is 7. The fourth-order valence-corrected chi connectivity index (χ4v) is 7.37. The van der Waals surface area contributed by atoms with Crippen molar-refractivity contribution < 1.29 is 58.0 Å². The van der Waals surface area contributed by atoms with Crippen molar-refractivity contribution >= 4 is 0 Å². The van der Waals surface area contributed by atoms with Gasteiger partial charge >= 0.3 is 0 Å². The molecule has 2 aliphatic heterocycles. The summed E-state index contributed by atoms with van der Waals surface area (Å²) in [6, 6.07) is 0. The highest BCUT2D eigenvalue weighted by Gasteiger charge is 2.48. The van der Waals surface area contributed by atoms with Crippen LogP contribution in [-0.4, -0.2) is 140 Å². The zero-order chi connectivity index (χ0) is 39.6. The lowest BCUT2D eigenvalue weighted by Crippen LogP contribution is -2.56. The molecule has 0 aromatic heterocycles. The Morgan fingerprint density at radius 1 is 0.400 bits per heavy atom. The molecule has 0 amide bonds. The van der Waals surface area contributed by atoms with Gasteiger partial charge in [0.25, 0.3) is 0 Å². The molecule has 0 aromatic rings. The van der Waals surface area contributed by atoms with Crippen molar-refractivity contribution in [3.63, 3.8) is 0 Å². The van der Waals surface area contributed by atoms with Crippen molar-refractivity contribution in [1.82, 2.24) is 0 Å². The molecular formula is C38H82O12. The lowest BCUT2D eigenvalue weighted by Gasteiger charge is -2.47. The smallest absolute Gasteiger partial charge is 0.184 e. The van der Waals surface area contributed by atoms with Crippen molar-refractivity contribution in [3.05, 3.63) is 0 Å². The van der Waals surface area contributed by atoms with E-state index in [-0.39, 0.29) is 111 Å². The van der Waals surface area contributed by atoms with Crippen LogP contribution < -0.4 is 0 Å². The average Bonchev–Trinajstić information content (AvgIpc) is 3.54. The first-order valence-electron chi connectivity index (χ1n) is 18.9. The molecule has 15 atom stereocenters. The van der Waals surface area contributed by atoms with Crippen molar-refractivity contribution in [2.45, 2.75) is 144 Å². The second-order valence-electron chi connectivity index (χ2n) is 12.0. The molecule has 15 unspecified atom stereocenters. The van der Waals surface area contributed by atoms with Crippen molar-refractivity contribution in [2.24, 2.45) is 35.5 Å². The Hall–Kier alpha value is -0.480. The topological polar surface area (TPSA) is 144 Å². The Morgan fingerprint density at radius 3 is 1.04 bits per heavy atom. The van der Waals surface area contributed by atoms with Gasteiger partial charge in [0.15, 0.2) is 12.6 Å². The molecule has 3 fully saturated rings. The minimum atomic E-state index is -0.341. The van der Waals surface area contributed by atoms with E-state index in [4.69, 9.17) is 47.7 Å². The molecule has 12 heteroatoms. The van der Waals surface area contributed by atoms with E-state index in [9.17, 15) is 10.2 Å². The summed E-state index contributed by atoms with van der Waals surface area (Å²) >= 11 is 0. The highest BCUT2D eigenvalue weighted by Crippen LogP contribution is 2.38. The third-order valence-corrected chi connectivity index (χ3v) is 9.87. The largest absolute Gasteiger partial charge is 0.396 e. The molecule has 2 saturated heterocycles. The number of ether oxygens (including phenoxy) is 9. The van der Waals surface area contributed by atoms with E-state index >= 15 is 0 Å². The standard InChI is InChI=1S/C12H24O4.C11H22O4.C9H18O4.3C2H6/c1-7-9(6-13)10(14-3)8(2)12(16-5)11(7)15-4;1-5-9-8(6-12)10(13-3)7(2)11(14-4)15-9;1-4-7-6(5-10)8(11-2)9(12-3)13-7;3*1-2/h7-13H,6H2,1-5H3;7-12H,5-6H2,1-4H3;6-10H,4-5H2,1-3H3;3*1-2H3. The maximum Gasteiger partial charge on any atom is 0.184 e. The van der Waals surface area contributed by atoms with Gasteiger partial charge in [-0.2, -0.15) is 0 Å². The van der Waals surface area contributed by atoms with Gasteiger partial charge in [-0.1, -0.05) is 76.2 Å². The molecule has 3 aliphatic rings. The van der Waals surface area contributed by atoms with Crippen LogP contribution in [0.5, 0.6) is 0 Å². The van der Waals surface area contributed by atoms with E-state index in [2.05, 4.69) is 13.8 Å². The number of aliphatic hydroxyl groups excluding tert-OH is 3. The van der Waals surface area contributed by atoms with Gasteiger partial charge in [0.05, 0.1) is 49.8 Å². The number of rotatable bonds is 12. The molecule has 0 spiro atoms. The van der Waals surface area contributed by atoms with Crippen LogP contribution in [0, 0.1) is 35.5 Å². The summed E-state index contributed by atoms with van der Waals surface area (Å²) in [6.07, 6.45) is 1.12. The van der Waals surface area contributed by atoms with E-state index in [0.29, 0.717) is 0 Å². The number of hydrogen-bond donors (Lipinski definition) is 3. The monoisotopic (exact) mass is 731 g/mol. The van der Waals surface area contributed by atoms with Crippen LogP contribution in [0.1, 0.15) is 89.0 Å². The second kappa shape index (κ2) is 32.0. The maximum absolute atomic E-state index is 9.48. The fraction of sp³-hybridized carbons (Fsp3) is 1.00. The summed E-state index contributed by atoms with van der Waals surface area (Å²) in [5, 5.41) is 28.0. The predicted octanol–water partition coefficient (Wildman–Crippen LogP) is 5.42. The summed E-state index contributed by atoms with van der Waals surface area (Å²) in [6.45, 7) is 22.6. The van der Waals surface area contributed by atoms with Gasteiger partial charge in [0, 0.05) is 86.0 Å². The minimum absolute atomic E-state index is 0.00125. The van der Waals surface area contributed by atoms with Gasteiger partial charge < -0.3 is 58.0 Å². The van der Waals surface area contributed by atoms with Gasteiger partial charge in [-0.3, -0.25) is 0 Å². The SMILES string of the molecule is CC.CC.CC.CCC1OC(OC)C(C)C(OC)C1CO.CCC1OC(OC)C(OC)C1CO.COC1C(C)C(OC)C(OC)C(C)C1CO. The van der Waals surface area contributed by atoms with Gasteiger partial charge in [0.2, 0.25) is 0 Å². The Kier molecular flexibility index (Phi) is 34.5. The molecule has 1 saturated carbocycles. The van der Waals surface area contributed by atoms with Crippen LogP contribution in [0.2, 0.25) is 0 Å². The van der Waals surface area contributed by atoms with Gasteiger partial charge in [-0.05, 0) is 18.8 Å². The first kappa shape index (κ1) is 53.9. The minimum Gasteiger partial charge on any atom is -0.396 e. The zero-order valence-corrected chi connectivity index (χ0v) is 35.2. The van der Waals surface area contributed by atoms with E-state index < -0.39 is 0 Å². The van der Waals surface area contributed by atoms with Gasteiger partial charge in [-0.25, -0.2) is 0 Å². The Balaban J connectivity index is -0.000000617. The molecule has 0 bridgehead atoms. The summed E-state index contributed by atoms with van der Waals surface area (Å²) in [4.78, 5) is 0. The average molecular weight is 731 g/mol. The summed E-state index contributed by atoms with van der Waals surface area (Å²) < 4.78 is 49.0. The van der Waals surface area contributed by atoms with Crippen LogP contribution in [-0.2, 0) is 42.6 Å². The van der Waals surface area contributed by atoms with Crippen molar-refractivity contribution in [2.75, 3.05) is 69.6 Å². The Morgan fingerprint density at radius 2 is 0.720 bits per heavy atom. The van der Waals surface area contributed by atoms with Crippen molar-refractivity contribution in [1.29, 1.82) is 0 Å². The molecule has 1 aliphatic carbocycles. The lowest BCUT2D eigenvalue weighted by molar-refractivity contribution is -0.264. The van der Waals surface area contributed by atoms with Crippen LogP contribution in [0.25, 0.3) is 0 Å². The molecule has 0 radical (unpaired) electrons. The summed E-state index contributed by atoms with van der Waals surface area (Å²) in [5.74, 6) is 0.757. The highest BCUT2D eigenvalue weighted by atomic mass is 16.7. The van der Waals surface area contributed by atoms with E-state index in [0.717, 1.165) is 12.8 Å². The van der Waals surface area contributed by atoms with E-state index in [1.54, 1.807) is 49.8 Å². The molecule has 50 heavy (non-hydrogen) atoms. The van der Waals surface area contributed by atoms with Crippen LogP contribution in [0.3, 0.4) is 0 Å². The fourth-order valence-electron chi connectivity index (χ4n) is 7.37. The lowest BCUT2D eigenvalue weighted by atomic mass is 9.70.